The molecule has 0 bridgehead atoms. The molecule has 0 amide bonds. The molecular formula is C13H30N2O2. The molecule has 0 saturated carbocycles. The van der Waals surface area contributed by atoms with Gasteiger partial charge in [0.1, 0.15) is 0 Å². The molecule has 0 aliphatic carbocycles. The van der Waals surface area contributed by atoms with Crippen LogP contribution in [-0.4, -0.2) is 62.0 Å². The summed E-state index contributed by atoms with van der Waals surface area (Å²) < 4.78 is 5.12. The lowest BCUT2D eigenvalue weighted by Gasteiger charge is -2.30. The second kappa shape index (κ2) is 8.86. The van der Waals surface area contributed by atoms with Gasteiger partial charge in [-0.15, -0.1) is 0 Å². The first-order valence-electron chi connectivity index (χ1n) is 6.52. The van der Waals surface area contributed by atoms with Gasteiger partial charge in [-0.25, -0.2) is 0 Å². The van der Waals surface area contributed by atoms with Crippen LogP contribution in [0.25, 0.3) is 0 Å². The van der Waals surface area contributed by atoms with Gasteiger partial charge in [-0.05, 0) is 47.2 Å². The van der Waals surface area contributed by atoms with Crippen LogP contribution in [-0.2, 0) is 4.74 Å². The minimum Gasteiger partial charge on any atom is -0.394 e. The average Bonchev–Trinajstić information content (AvgIpc) is 2.32. The Hall–Kier alpha value is -0.160. The van der Waals surface area contributed by atoms with E-state index in [9.17, 15) is 5.11 Å². The average molecular weight is 246 g/mol. The summed E-state index contributed by atoms with van der Waals surface area (Å²) in [5.41, 5.74) is -0.149. The standard InChI is InChI=1S/C13H30N2O2/c1-12(2)15(9-10-17-5)8-6-7-13(3,11-16)14-4/h12,14,16H,6-11H2,1-5H3. The highest BCUT2D eigenvalue weighted by atomic mass is 16.5. The van der Waals surface area contributed by atoms with Gasteiger partial charge in [0.2, 0.25) is 0 Å². The summed E-state index contributed by atoms with van der Waals surface area (Å²) in [5, 5.41) is 12.5. The summed E-state index contributed by atoms with van der Waals surface area (Å²) in [5.74, 6) is 0. The lowest BCUT2D eigenvalue weighted by atomic mass is 9.97. The maximum absolute atomic E-state index is 9.31. The Kier molecular flexibility index (Phi) is 8.78. The quantitative estimate of drug-likeness (QED) is 0.606. The van der Waals surface area contributed by atoms with Gasteiger partial charge in [-0.2, -0.15) is 0 Å². The molecule has 1 unspecified atom stereocenters. The number of nitrogens with zero attached hydrogens (tertiary/aromatic N) is 1. The molecular weight excluding hydrogens is 216 g/mol. The van der Waals surface area contributed by atoms with Crippen LogP contribution in [0.3, 0.4) is 0 Å². The number of hydrogen-bond acceptors (Lipinski definition) is 4. The van der Waals surface area contributed by atoms with Crippen LogP contribution in [0.4, 0.5) is 0 Å². The van der Waals surface area contributed by atoms with Gasteiger partial charge < -0.3 is 15.2 Å². The first kappa shape index (κ1) is 16.8. The van der Waals surface area contributed by atoms with Crippen LogP contribution in [0.1, 0.15) is 33.6 Å². The van der Waals surface area contributed by atoms with E-state index in [1.165, 1.54) is 0 Å². The molecule has 2 N–H and O–H groups in total. The van der Waals surface area contributed by atoms with E-state index in [4.69, 9.17) is 4.74 Å². The molecule has 0 saturated heterocycles. The smallest absolute Gasteiger partial charge is 0.0610 e. The fraction of sp³-hybridized carbons (Fsp3) is 1.00. The van der Waals surface area contributed by atoms with Gasteiger partial charge in [-0.1, -0.05) is 0 Å². The normalized spacial score (nSPS) is 15.5. The second-order valence-electron chi connectivity index (χ2n) is 5.19. The Morgan fingerprint density at radius 2 is 2.00 bits per heavy atom. The Labute approximate surface area is 106 Å². The number of likely N-dealkylation sites (N-methyl/N-ethyl adjacent to an activating group) is 1. The van der Waals surface area contributed by atoms with Crippen molar-refractivity contribution in [2.75, 3.05) is 40.5 Å². The zero-order valence-electron chi connectivity index (χ0n) is 12.1. The molecule has 0 aromatic rings. The molecule has 0 aliphatic rings. The first-order chi connectivity index (χ1) is 7.99. The maximum atomic E-state index is 9.31. The van der Waals surface area contributed by atoms with Crippen LogP contribution in [0.5, 0.6) is 0 Å². The third-order valence-corrected chi connectivity index (χ3v) is 3.44. The van der Waals surface area contributed by atoms with Crippen LogP contribution in [0.15, 0.2) is 0 Å². The highest BCUT2D eigenvalue weighted by molar-refractivity contribution is 4.80. The van der Waals surface area contributed by atoms with Crippen molar-refractivity contribution in [1.29, 1.82) is 0 Å². The highest BCUT2D eigenvalue weighted by Gasteiger charge is 2.20. The third kappa shape index (κ3) is 6.99. The minimum atomic E-state index is -0.149. The first-order valence-corrected chi connectivity index (χ1v) is 6.52. The van der Waals surface area contributed by atoms with Crippen molar-refractivity contribution < 1.29 is 9.84 Å². The Bertz CT molecular complexity index is 182. The summed E-state index contributed by atoms with van der Waals surface area (Å²) in [4.78, 5) is 2.41. The van der Waals surface area contributed by atoms with Gasteiger partial charge in [0, 0.05) is 25.2 Å². The molecule has 1 atom stereocenters. The number of nitrogens with one attached hydrogen (secondary N) is 1. The summed E-state index contributed by atoms with van der Waals surface area (Å²) in [6.45, 7) is 9.46. The molecule has 0 rings (SSSR count). The molecule has 4 nitrogen and oxygen atoms in total. The second-order valence-corrected chi connectivity index (χ2v) is 5.19. The van der Waals surface area contributed by atoms with E-state index in [0.29, 0.717) is 6.04 Å². The predicted octanol–water partition coefficient (Wildman–Crippen LogP) is 1.09. The monoisotopic (exact) mass is 246 g/mol. The molecule has 104 valence electrons. The van der Waals surface area contributed by atoms with Gasteiger partial charge >= 0.3 is 0 Å². The van der Waals surface area contributed by atoms with Crippen molar-refractivity contribution in [3.8, 4) is 0 Å². The van der Waals surface area contributed by atoms with E-state index in [-0.39, 0.29) is 12.1 Å². The van der Waals surface area contributed by atoms with Gasteiger partial charge in [0.05, 0.1) is 13.2 Å². The van der Waals surface area contributed by atoms with Crippen LogP contribution in [0, 0.1) is 0 Å². The highest BCUT2D eigenvalue weighted by Crippen LogP contribution is 2.12. The number of ether oxygens (including phenoxy) is 1. The molecule has 0 aliphatic heterocycles. The maximum Gasteiger partial charge on any atom is 0.0610 e. The van der Waals surface area contributed by atoms with Gasteiger partial charge in [0.25, 0.3) is 0 Å². The molecule has 0 fully saturated rings. The van der Waals surface area contributed by atoms with Crippen LogP contribution >= 0.6 is 0 Å². The third-order valence-electron chi connectivity index (χ3n) is 3.44. The fourth-order valence-electron chi connectivity index (χ4n) is 1.79. The molecule has 0 spiro atoms. The Morgan fingerprint density at radius 3 is 2.41 bits per heavy atom. The van der Waals surface area contributed by atoms with Crippen molar-refractivity contribution in [2.45, 2.75) is 45.2 Å². The van der Waals surface area contributed by atoms with E-state index >= 15 is 0 Å². The topological polar surface area (TPSA) is 44.7 Å². The number of aliphatic hydroxyl groups excluding tert-OH is 1. The van der Waals surface area contributed by atoms with E-state index < -0.39 is 0 Å². The van der Waals surface area contributed by atoms with Crippen molar-refractivity contribution >= 4 is 0 Å². The van der Waals surface area contributed by atoms with Gasteiger partial charge in [-0.3, -0.25) is 4.90 Å². The van der Waals surface area contributed by atoms with Crippen molar-refractivity contribution in [2.24, 2.45) is 0 Å². The lowest BCUT2D eigenvalue weighted by Crippen LogP contribution is -2.44. The minimum absolute atomic E-state index is 0.149. The van der Waals surface area contributed by atoms with Gasteiger partial charge in [0.15, 0.2) is 0 Å². The largest absolute Gasteiger partial charge is 0.394 e. The van der Waals surface area contributed by atoms with Crippen LogP contribution < -0.4 is 5.32 Å². The molecule has 0 radical (unpaired) electrons. The van der Waals surface area contributed by atoms with Crippen molar-refractivity contribution in [3.63, 3.8) is 0 Å². The summed E-state index contributed by atoms with van der Waals surface area (Å²) in [6.07, 6.45) is 2.07. The Morgan fingerprint density at radius 1 is 1.35 bits per heavy atom. The van der Waals surface area contributed by atoms with E-state index in [1.807, 2.05) is 7.05 Å². The zero-order chi connectivity index (χ0) is 13.3. The molecule has 0 aromatic heterocycles. The van der Waals surface area contributed by atoms with E-state index in [2.05, 4.69) is 31.0 Å². The predicted molar refractivity (Wildman–Crippen MR) is 72.4 cm³/mol. The molecule has 0 heterocycles. The zero-order valence-corrected chi connectivity index (χ0v) is 12.1. The number of rotatable bonds is 10. The number of methoxy groups -OCH3 is 1. The summed E-state index contributed by atoms with van der Waals surface area (Å²) in [7, 11) is 3.64. The molecule has 4 heteroatoms. The molecule has 17 heavy (non-hydrogen) atoms. The fourth-order valence-corrected chi connectivity index (χ4v) is 1.79. The summed E-state index contributed by atoms with van der Waals surface area (Å²) >= 11 is 0. The Balaban J connectivity index is 3.96. The summed E-state index contributed by atoms with van der Waals surface area (Å²) in [6, 6.07) is 0.542. The van der Waals surface area contributed by atoms with E-state index in [1.54, 1.807) is 7.11 Å². The van der Waals surface area contributed by atoms with Crippen molar-refractivity contribution in [3.05, 3.63) is 0 Å². The number of aliphatic hydroxyl groups is 1. The van der Waals surface area contributed by atoms with Crippen LogP contribution in [0.2, 0.25) is 0 Å². The SMILES string of the molecule is CNC(C)(CO)CCCN(CCOC)C(C)C. The number of hydrogen-bond donors (Lipinski definition) is 2. The lowest BCUT2D eigenvalue weighted by molar-refractivity contribution is 0.120. The van der Waals surface area contributed by atoms with E-state index in [0.717, 1.165) is 32.5 Å². The molecule has 0 aromatic carbocycles. The van der Waals surface area contributed by atoms with Crippen molar-refractivity contribution in [1.82, 2.24) is 10.2 Å².